The lowest BCUT2D eigenvalue weighted by atomic mass is 10.1. The molecule has 0 bridgehead atoms. The van der Waals surface area contributed by atoms with Gasteiger partial charge in [-0.1, -0.05) is 5.16 Å². The van der Waals surface area contributed by atoms with Gasteiger partial charge in [-0.15, -0.1) is 0 Å². The zero-order chi connectivity index (χ0) is 14.1. The van der Waals surface area contributed by atoms with Crippen LogP contribution in [-0.2, 0) is 0 Å². The number of aromatic nitrogens is 1. The number of carbonyl (C=O) groups is 1. The van der Waals surface area contributed by atoms with Crippen molar-refractivity contribution in [1.29, 1.82) is 0 Å². The average Bonchev–Trinajstić information content (AvgIpc) is 3.07. The van der Waals surface area contributed by atoms with Gasteiger partial charge in [0, 0.05) is 18.2 Å². The average molecular weight is 274 g/mol. The van der Waals surface area contributed by atoms with Gasteiger partial charge in [0.2, 0.25) is 0 Å². The molecule has 1 atom stereocenters. The smallest absolute Gasteiger partial charge is 0.254 e. The van der Waals surface area contributed by atoms with Crippen LogP contribution in [0, 0.1) is 12.7 Å². The van der Waals surface area contributed by atoms with Gasteiger partial charge in [0.25, 0.3) is 5.91 Å². The summed E-state index contributed by atoms with van der Waals surface area (Å²) in [5.74, 6) is 0.306. The maximum absolute atomic E-state index is 12.9. The normalized spacial score (nSPS) is 18.5. The number of carbonyl (C=O) groups excluding carboxylic acids is 1. The molecule has 4 nitrogen and oxygen atoms in total. The Kier molecular flexibility index (Phi) is 3.26. The maximum atomic E-state index is 12.9. The van der Waals surface area contributed by atoms with Crippen LogP contribution in [-0.4, -0.2) is 22.5 Å². The molecular formula is C15H15FN2O2. The van der Waals surface area contributed by atoms with Crippen LogP contribution in [0.1, 0.15) is 40.7 Å². The van der Waals surface area contributed by atoms with Gasteiger partial charge >= 0.3 is 0 Å². The second-order valence-corrected chi connectivity index (χ2v) is 5.03. The highest BCUT2D eigenvalue weighted by Crippen LogP contribution is 2.32. The lowest BCUT2D eigenvalue weighted by molar-refractivity contribution is 0.0731. The van der Waals surface area contributed by atoms with Crippen molar-refractivity contribution < 1.29 is 13.7 Å². The second-order valence-electron chi connectivity index (χ2n) is 5.03. The highest BCUT2D eigenvalue weighted by Gasteiger charge is 2.32. The SMILES string of the molecule is Cc1cc([C@H]2CCCN2C(=O)c2ccc(F)cc2)no1. The van der Waals surface area contributed by atoms with Crippen molar-refractivity contribution >= 4 is 5.91 Å². The van der Waals surface area contributed by atoms with E-state index >= 15 is 0 Å². The van der Waals surface area contributed by atoms with Gasteiger partial charge in [-0.2, -0.15) is 0 Å². The van der Waals surface area contributed by atoms with E-state index < -0.39 is 0 Å². The number of rotatable bonds is 2. The Bertz CT molecular complexity index is 621. The topological polar surface area (TPSA) is 46.3 Å². The largest absolute Gasteiger partial charge is 0.361 e. The standard InChI is InChI=1S/C15H15FN2O2/c1-10-9-13(17-20-10)14-3-2-8-18(14)15(19)11-4-6-12(16)7-5-11/h4-7,9,14H,2-3,8H2,1H3/t14-/m1/s1. The van der Waals surface area contributed by atoms with Crippen molar-refractivity contribution in [2.24, 2.45) is 0 Å². The first-order valence-electron chi connectivity index (χ1n) is 6.65. The molecule has 0 radical (unpaired) electrons. The summed E-state index contributed by atoms with van der Waals surface area (Å²) in [6.45, 7) is 2.52. The van der Waals surface area contributed by atoms with Crippen LogP contribution in [0.15, 0.2) is 34.9 Å². The number of aryl methyl sites for hydroxylation is 1. The van der Waals surface area contributed by atoms with E-state index in [1.54, 1.807) is 4.90 Å². The molecule has 1 amide bonds. The molecule has 1 aromatic carbocycles. The molecule has 1 fully saturated rings. The van der Waals surface area contributed by atoms with Gasteiger partial charge in [-0.3, -0.25) is 4.79 Å². The number of amides is 1. The fourth-order valence-corrected chi connectivity index (χ4v) is 2.62. The number of benzene rings is 1. The Morgan fingerprint density at radius 2 is 2.15 bits per heavy atom. The number of likely N-dealkylation sites (tertiary alicyclic amines) is 1. The minimum atomic E-state index is -0.341. The van der Waals surface area contributed by atoms with E-state index in [0.717, 1.165) is 24.3 Å². The summed E-state index contributed by atoms with van der Waals surface area (Å²) in [7, 11) is 0. The third kappa shape index (κ3) is 2.31. The van der Waals surface area contributed by atoms with Crippen LogP contribution in [0.2, 0.25) is 0 Å². The van der Waals surface area contributed by atoms with Crippen molar-refractivity contribution in [2.45, 2.75) is 25.8 Å². The van der Waals surface area contributed by atoms with E-state index in [1.165, 1.54) is 24.3 Å². The Balaban J connectivity index is 1.85. The highest BCUT2D eigenvalue weighted by molar-refractivity contribution is 5.94. The van der Waals surface area contributed by atoms with Crippen molar-refractivity contribution in [1.82, 2.24) is 10.1 Å². The third-order valence-corrected chi connectivity index (χ3v) is 3.59. The number of nitrogens with zero attached hydrogens (tertiary/aromatic N) is 2. The van der Waals surface area contributed by atoms with Gasteiger partial charge in [0.1, 0.15) is 17.3 Å². The lowest BCUT2D eigenvalue weighted by Crippen LogP contribution is -2.30. The van der Waals surface area contributed by atoms with Gasteiger partial charge in [0.15, 0.2) is 0 Å². The molecule has 1 aliphatic heterocycles. The first kappa shape index (κ1) is 12.8. The fourth-order valence-electron chi connectivity index (χ4n) is 2.62. The predicted octanol–water partition coefficient (Wildman–Crippen LogP) is 3.10. The molecule has 5 heteroatoms. The predicted molar refractivity (Wildman–Crippen MR) is 70.7 cm³/mol. The maximum Gasteiger partial charge on any atom is 0.254 e. The van der Waals surface area contributed by atoms with Crippen LogP contribution in [0.25, 0.3) is 0 Å². The molecule has 0 unspecified atom stereocenters. The van der Waals surface area contributed by atoms with Crippen molar-refractivity contribution in [2.75, 3.05) is 6.54 Å². The molecule has 1 aliphatic rings. The number of hydrogen-bond donors (Lipinski definition) is 0. The van der Waals surface area contributed by atoms with E-state index in [2.05, 4.69) is 5.16 Å². The van der Waals surface area contributed by atoms with E-state index in [-0.39, 0.29) is 17.8 Å². The molecule has 104 valence electrons. The van der Waals surface area contributed by atoms with Crippen LogP contribution in [0.3, 0.4) is 0 Å². The number of halogens is 1. The molecule has 2 heterocycles. The lowest BCUT2D eigenvalue weighted by Gasteiger charge is -2.23. The highest BCUT2D eigenvalue weighted by atomic mass is 19.1. The van der Waals surface area contributed by atoms with Crippen molar-refractivity contribution in [3.05, 3.63) is 53.2 Å². The minimum Gasteiger partial charge on any atom is -0.361 e. The molecular weight excluding hydrogens is 259 g/mol. The third-order valence-electron chi connectivity index (χ3n) is 3.59. The molecule has 20 heavy (non-hydrogen) atoms. The van der Waals surface area contributed by atoms with Crippen molar-refractivity contribution in [3.8, 4) is 0 Å². The van der Waals surface area contributed by atoms with Crippen molar-refractivity contribution in [3.63, 3.8) is 0 Å². The first-order valence-corrected chi connectivity index (χ1v) is 6.65. The summed E-state index contributed by atoms with van der Waals surface area (Å²) in [6.07, 6.45) is 1.81. The van der Waals surface area contributed by atoms with Gasteiger partial charge in [-0.25, -0.2) is 4.39 Å². The van der Waals surface area contributed by atoms with E-state index in [9.17, 15) is 9.18 Å². The molecule has 1 aromatic heterocycles. The fraction of sp³-hybridized carbons (Fsp3) is 0.333. The Hall–Kier alpha value is -2.17. The zero-order valence-electron chi connectivity index (χ0n) is 11.2. The molecule has 0 aliphatic carbocycles. The summed E-state index contributed by atoms with van der Waals surface area (Å²) in [6, 6.07) is 7.45. The Morgan fingerprint density at radius 3 is 2.80 bits per heavy atom. The van der Waals surface area contributed by atoms with Crippen LogP contribution in [0.4, 0.5) is 4.39 Å². The number of hydrogen-bond acceptors (Lipinski definition) is 3. The van der Waals surface area contributed by atoms with Crippen LogP contribution >= 0.6 is 0 Å². The van der Waals surface area contributed by atoms with Gasteiger partial charge in [0.05, 0.1) is 6.04 Å². The minimum absolute atomic E-state index is 0.0509. The first-order chi connectivity index (χ1) is 9.65. The van der Waals surface area contributed by atoms with E-state index in [4.69, 9.17) is 4.52 Å². The van der Waals surface area contributed by atoms with Crippen LogP contribution < -0.4 is 0 Å². The van der Waals surface area contributed by atoms with Gasteiger partial charge < -0.3 is 9.42 Å². The van der Waals surface area contributed by atoms with E-state index in [1.807, 2.05) is 13.0 Å². The molecule has 0 N–H and O–H groups in total. The Morgan fingerprint density at radius 1 is 1.40 bits per heavy atom. The monoisotopic (exact) mass is 274 g/mol. The molecule has 0 saturated carbocycles. The molecule has 1 saturated heterocycles. The summed E-state index contributed by atoms with van der Waals surface area (Å²) in [4.78, 5) is 14.3. The summed E-state index contributed by atoms with van der Waals surface area (Å²) < 4.78 is 18.0. The summed E-state index contributed by atoms with van der Waals surface area (Å²) >= 11 is 0. The molecule has 2 aromatic rings. The summed E-state index contributed by atoms with van der Waals surface area (Å²) in [5.41, 5.74) is 1.29. The molecule has 3 rings (SSSR count). The Labute approximate surface area is 116 Å². The quantitative estimate of drug-likeness (QED) is 0.845. The second kappa shape index (κ2) is 5.07. The van der Waals surface area contributed by atoms with Crippen LogP contribution in [0.5, 0.6) is 0 Å². The summed E-state index contributed by atoms with van der Waals surface area (Å²) in [5, 5.41) is 4.01. The van der Waals surface area contributed by atoms with Gasteiger partial charge in [-0.05, 0) is 44.0 Å². The zero-order valence-corrected chi connectivity index (χ0v) is 11.2. The van der Waals surface area contributed by atoms with E-state index in [0.29, 0.717) is 12.1 Å². The molecule has 0 spiro atoms.